The molecule has 0 aliphatic carbocycles. The number of hydrogen-bond donors (Lipinski definition) is 1. The Labute approximate surface area is 139 Å². The van der Waals surface area contributed by atoms with Crippen LogP contribution in [0.1, 0.15) is 29.8 Å². The molecule has 2 fully saturated rings. The van der Waals surface area contributed by atoms with E-state index in [9.17, 15) is 19.5 Å². The van der Waals surface area contributed by atoms with Crippen LogP contribution in [-0.2, 0) is 9.59 Å². The highest BCUT2D eigenvalue weighted by Crippen LogP contribution is 2.43. The molecule has 0 aromatic carbocycles. The maximum Gasteiger partial charge on any atom is 0.309 e. The number of carbonyl (C=O) groups is 3. The fraction of sp³-hybridized carbons (Fsp3) is 0.562. The third-order valence-corrected chi connectivity index (χ3v) is 5.28. The average molecular weight is 336 g/mol. The number of carboxylic acids is 1. The van der Waals surface area contributed by atoms with Gasteiger partial charge < -0.3 is 24.1 Å². The molecule has 0 saturated carbocycles. The minimum Gasteiger partial charge on any atom is -0.481 e. The highest BCUT2D eigenvalue weighted by atomic mass is 16.6. The Morgan fingerprint density at radius 3 is 2.54 bits per heavy atom. The van der Waals surface area contributed by atoms with E-state index in [2.05, 4.69) is 0 Å². The first-order chi connectivity index (χ1) is 11.4. The SMILES string of the molecule is COc1ccc(C(=O)N2CCC3(CC2)C(C(=O)O)CC(=O)N3C)o1. The highest BCUT2D eigenvalue weighted by Gasteiger charge is 2.55. The first-order valence-electron chi connectivity index (χ1n) is 7.81. The molecule has 3 rings (SSSR count). The Bertz CT molecular complexity index is 674. The van der Waals surface area contributed by atoms with Crippen LogP contribution in [0.2, 0.25) is 0 Å². The quantitative estimate of drug-likeness (QED) is 0.877. The summed E-state index contributed by atoms with van der Waals surface area (Å²) in [6.07, 6.45) is 0.904. The number of likely N-dealkylation sites (tertiary alicyclic amines) is 2. The lowest BCUT2D eigenvalue weighted by molar-refractivity contribution is -0.145. The summed E-state index contributed by atoms with van der Waals surface area (Å²) in [5.41, 5.74) is -0.708. The van der Waals surface area contributed by atoms with Crippen molar-refractivity contribution in [2.24, 2.45) is 5.92 Å². The summed E-state index contributed by atoms with van der Waals surface area (Å²) >= 11 is 0. The number of ether oxygens (including phenoxy) is 1. The van der Waals surface area contributed by atoms with Crippen LogP contribution in [0.25, 0.3) is 0 Å². The van der Waals surface area contributed by atoms with Gasteiger partial charge in [-0.15, -0.1) is 0 Å². The van der Waals surface area contributed by atoms with Crippen molar-refractivity contribution in [3.05, 3.63) is 17.9 Å². The lowest BCUT2D eigenvalue weighted by Gasteiger charge is -2.45. The van der Waals surface area contributed by atoms with E-state index >= 15 is 0 Å². The Kier molecular flexibility index (Phi) is 3.98. The summed E-state index contributed by atoms with van der Waals surface area (Å²) in [7, 11) is 3.11. The number of rotatable bonds is 3. The highest BCUT2D eigenvalue weighted by molar-refractivity contribution is 5.92. The molecule has 2 saturated heterocycles. The maximum absolute atomic E-state index is 12.5. The molecule has 2 amide bonds. The standard InChI is InChI=1S/C16H20N2O6/c1-17-12(19)9-10(15(21)22)16(17)5-7-18(8-6-16)14(20)11-3-4-13(23-2)24-11/h3-4,10H,5-9H2,1-2H3,(H,21,22). The molecule has 1 aromatic heterocycles. The molecule has 3 heterocycles. The molecule has 24 heavy (non-hydrogen) atoms. The normalized spacial score (nSPS) is 22.9. The van der Waals surface area contributed by atoms with Gasteiger partial charge in [-0.05, 0) is 18.9 Å². The molecule has 1 spiro atoms. The first-order valence-corrected chi connectivity index (χ1v) is 7.81. The Morgan fingerprint density at radius 2 is 2.00 bits per heavy atom. The van der Waals surface area contributed by atoms with Crippen molar-refractivity contribution >= 4 is 17.8 Å². The van der Waals surface area contributed by atoms with Crippen LogP contribution < -0.4 is 4.74 Å². The molecule has 2 aliphatic heterocycles. The zero-order valence-electron chi connectivity index (χ0n) is 13.7. The summed E-state index contributed by atoms with van der Waals surface area (Å²) in [5.74, 6) is -1.64. The number of nitrogens with zero attached hydrogens (tertiary/aromatic N) is 2. The van der Waals surface area contributed by atoms with Crippen molar-refractivity contribution < 1.29 is 28.6 Å². The molecule has 1 atom stereocenters. The van der Waals surface area contributed by atoms with Crippen LogP contribution in [0, 0.1) is 5.92 Å². The summed E-state index contributed by atoms with van der Waals surface area (Å²) < 4.78 is 10.2. The topological polar surface area (TPSA) is 100 Å². The molecular weight excluding hydrogens is 316 g/mol. The zero-order chi connectivity index (χ0) is 17.5. The van der Waals surface area contributed by atoms with Crippen molar-refractivity contribution in [3.8, 4) is 5.95 Å². The van der Waals surface area contributed by atoms with Crippen molar-refractivity contribution in [1.82, 2.24) is 9.80 Å². The third-order valence-electron chi connectivity index (χ3n) is 5.28. The second-order valence-corrected chi connectivity index (χ2v) is 6.27. The Balaban J connectivity index is 1.74. The number of amides is 2. The van der Waals surface area contributed by atoms with Crippen LogP contribution in [0.15, 0.2) is 16.5 Å². The Hall–Kier alpha value is -2.51. The molecule has 2 aliphatic rings. The number of methoxy groups -OCH3 is 1. The third kappa shape index (κ3) is 2.42. The van der Waals surface area contributed by atoms with E-state index in [1.54, 1.807) is 29.0 Å². The number of furan rings is 1. The van der Waals surface area contributed by atoms with Gasteiger partial charge in [0.25, 0.3) is 11.9 Å². The maximum atomic E-state index is 12.5. The minimum atomic E-state index is -0.955. The average Bonchev–Trinajstić information content (AvgIpc) is 3.15. The summed E-state index contributed by atoms with van der Waals surface area (Å²) in [6, 6.07) is 3.12. The van der Waals surface area contributed by atoms with Gasteiger partial charge in [0.2, 0.25) is 5.91 Å². The van der Waals surface area contributed by atoms with Gasteiger partial charge in [-0.2, -0.15) is 0 Å². The second kappa shape index (κ2) is 5.85. The van der Waals surface area contributed by atoms with Crippen molar-refractivity contribution in [2.45, 2.75) is 24.8 Å². The lowest BCUT2D eigenvalue weighted by Crippen LogP contribution is -2.56. The number of carbonyl (C=O) groups excluding carboxylic acids is 2. The van der Waals surface area contributed by atoms with E-state index in [1.807, 2.05) is 0 Å². The van der Waals surface area contributed by atoms with E-state index in [0.29, 0.717) is 25.9 Å². The van der Waals surface area contributed by atoms with Crippen molar-refractivity contribution in [2.75, 3.05) is 27.2 Å². The molecular formula is C16H20N2O6. The van der Waals surface area contributed by atoms with Gasteiger partial charge in [-0.25, -0.2) is 0 Å². The van der Waals surface area contributed by atoms with E-state index < -0.39 is 17.4 Å². The predicted molar refractivity (Wildman–Crippen MR) is 81.6 cm³/mol. The van der Waals surface area contributed by atoms with E-state index in [1.165, 1.54) is 7.11 Å². The summed E-state index contributed by atoms with van der Waals surface area (Å²) in [5, 5.41) is 9.46. The minimum absolute atomic E-state index is 0.0230. The van der Waals surface area contributed by atoms with Crippen molar-refractivity contribution in [1.29, 1.82) is 0 Å². The first kappa shape index (κ1) is 16.4. The molecule has 0 radical (unpaired) electrons. The van der Waals surface area contributed by atoms with Crippen LogP contribution in [-0.4, -0.2) is 65.5 Å². The molecule has 1 N–H and O–H groups in total. The number of hydrogen-bond acceptors (Lipinski definition) is 5. The number of piperidine rings is 1. The lowest BCUT2D eigenvalue weighted by atomic mass is 9.77. The molecule has 8 heteroatoms. The van der Waals surface area contributed by atoms with E-state index in [-0.39, 0.29) is 29.9 Å². The fourth-order valence-corrected chi connectivity index (χ4v) is 3.78. The summed E-state index contributed by atoms with van der Waals surface area (Å²) in [6.45, 7) is 0.756. The molecule has 1 aromatic rings. The summed E-state index contributed by atoms with van der Waals surface area (Å²) in [4.78, 5) is 39.2. The molecule has 0 bridgehead atoms. The van der Waals surface area contributed by atoms with Gasteiger partial charge in [0.15, 0.2) is 5.76 Å². The molecule has 1 unspecified atom stereocenters. The molecule has 8 nitrogen and oxygen atoms in total. The van der Waals surface area contributed by atoms with Crippen LogP contribution >= 0.6 is 0 Å². The van der Waals surface area contributed by atoms with Crippen LogP contribution in [0.5, 0.6) is 5.95 Å². The smallest absolute Gasteiger partial charge is 0.309 e. The van der Waals surface area contributed by atoms with Gasteiger partial charge in [0.05, 0.1) is 18.6 Å². The van der Waals surface area contributed by atoms with Gasteiger partial charge in [-0.1, -0.05) is 0 Å². The van der Waals surface area contributed by atoms with Gasteiger partial charge in [0.1, 0.15) is 0 Å². The van der Waals surface area contributed by atoms with E-state index in [0.717, 1.165) is 0 Å². The van der Waals surface area contributed by atoms with Gasteiger partial charge in [-0.3, -0.25) is 14.4 Å². The number of carboxylic acid groups (broad SMARTS) is 1. The van der Waals surface area contributed by atoms with Gasteiger partial charge >= 0.3 is 5.97 Å². The van der Waals surface area contributed by atoms with Crippen LogP contribution in [0.3, 0.4) is 0 Å². The Morgan fingerprint density at radius 1 is 1.33 bits per heavy atom. The molecule has 130 valence electrons. The fourth-order valence-electron chi connectivity index (χ4n) is 3.78. The van der Waals surface area contributed by atoms with Crippen LogP contribution in [0.4, 0.5) is 0 Å². The van der Waals surface area contributed by atoms with Gasteiger partial charge in [0, 0.05) is 32.6 Å². The monoisotopic (exact) mass is 336 g/mol. The van der Waals surface area contributed by atoms with E-state index in [4.69, 9.17) is 9.15 Å². The van der Waals surface area contributed by atoms with Crippen molar-refractivity contribution in [3.63, 3.8) is 0 Å². The zero-order valence-corrected chi connectivity index (χ0v) is 13.7. The number of aliphatic carboxylic acids is 1. The second-order valence-electron chi connectivity index (χ2n) is 6.27. The largest absolute Gasteiger partial charge is 0.481 e. The predicted octanol–water partition coefficient (Wildman–Crippen LogP) is 0.826.